The van der Waals surface area contributed by atoms with Crippen molar-refractivity contribution >= 4 is 24.0 Å². The van der Waals surface area contributed by atoms with Gasteiger partial charge < -0.3 is 20.5 Å². The summed E-state index contributed by atoms with van der Waals surface area (Å²) in [6, 6.07) is 7.20. The van der Waals surface area contributed by atoms with Crippen molar-refractivity contribution in [2.24, 2.45) is 11.7 Å². The van der Waals surface area contributed by atoms with Gasteiger partial charge in [-0.25, -0.2) is 0 Å². The van der Waals surface area contributed by atoms with Gasteiger partial charge in [0.25, 0.3) is 0 Å². The number of ether oxygens (including phenoxy) is 2. The van der Waals surface area contributed by atoms with Crippen LogP contribution >= 0.6 is 12.4 Å². The molecule has 0 radical (unpaired) electrons. The molecule has 3 unspecified atom stereocenters. The predicted octanol–water partition coefficient (Wildman–Crippen LogP) is 2.20. The van der Waals surface area contributed by atoms with Crippen molar-refractivity contribution in [3.63, 3.8) is 0 Å². The first-order chi connectivity index (χ1) is 9.56. The van der Waals surface area contributed by atoms with Crippen molar-refractivity contribution in [3.05, 3.63) is 24.3 Å². The Kier molecular flexibility index (Phi) is 6.95. The number of rotatable bonds is 5. The van der Waals surface area contributed by atoms with Crippen LogP contribution < -0.4 is 15.8 Å². The molecular weight excluding hydrogens is 292 g/mol. The molecule has 1 saturated heterocycles. The van der Waals surface area contributed by atoms with Crippen LogP contribution in [0.25, 0.3) is 0 Å². The number of nitrogens with one attached hydrogen (secondary N) is 1. The zero-order chi connectivity index (χ0) is 14.5. The average Bonchev–Trinajstić information content (AvgIpc) is 2.92. The van der Waals surface area contributed by atoms with E-state index in [1.807, 2.05) is 38.1 Å². The molecule has 21 heavy (non-hydrogen) atoms. The summed E-state index contributed by atoms with van der Waals surface area (Å²) < 4.78 is 11.0. The third kappa shape index (κ3) is 5.19. The zero-order valence-electron chi connectivity index (χ0n) is 12.4. The Labute approximate surface area is 131 Å². The Bertz CT molecular complexity index is 445. The van der Waals surface area contributed by atoms with Gasteiger partial charge >= 0.3 is 0 Å². The lowest BCUT2D eigenvalue weighted by Crippen LogP contribution is -2.34. The van der Waals surface area contributed by atoms with E-state index in [0.717, 1.165) is 24.5 Å². The molecule has 0 spiro atoms. The third-order valence-electron chi connectivity index (χ3n) is 3.51. The van der Waals surface area contributed by atoms with Crippen LogP contribution in [0.5, 0.6) is 5.75 Å². The van der Waals surface area contributed by atoms with Gasteiger partial charge in [-0.2, -0.15) is 0 Å². The lowest BCUT2D eigenvalue weighted by atomic mass is 10.0. The van der Waals surface area contributed by atoms with E-state index in [9.17, 15) is 4.79 Å². The van der Waals surface area contributed by atoms with Gasteiger partial charge in [-0.3, -0.25) is 4.79 Å². The van der Waals surface area contributed by atoms with Gasteiger partial charge in [0.05, 0.1) is 19.1 Å². The summed E-state index contributed by atoms with van der Waals surface area (Å²) in [5.41, 5.74) is 6.46. The van der Waals surface area contributed by atoms with Gasteiger partial charge in [0.2, 0.25) is 5.91 Å². The maximum absolute atomic E-state index is 11.9. The largest absolute Gasteiger partial charge is 0.488 e. The van der Waals surface area contributed by atoms with Crippen molar-refractivity contribution in [2.45, 2.75) is 32.4 Å². The predicted molar refractivity (Wildman–Crippen MR) is 85.0 cm³/mol. The van der Waals surface area contributed by atoms with E-state index < -0.39 is 0 Å². The number of anilines is 1. The van der Waals surface area contributed by atoms with Crippen molar-refractivity contribution in [2.75, 3.05) is 18.5 Å². The van der Waals surface area contributed by atoms with Gasteiger partial charge in [0.1, 0.15) is 11.9 Å². The van der Waals surface area contributed by atoms with E-state index in [1.54, 1.807) is 0 Å². The van der Waals surface area contributed by atoms with E-state index in [0.29, 0.717) is 6.61 Å². The van der Waals surface area contributed by atoms with Crippen LogP contribution in [0.15, 0.2) is 24.3 Å². The van der Waals surface area contributed by atoms with E-state index in [1.165, 1.54) is 0 Å². The Morgan fingerprint density at radius 2 is 2.05 bits per heavy atom. The first kappa shape index (κ1) is 17.8. The maximum Gasteiger partial charge on any atom is 0.228 e. The molecule has 1 aliphatic heterocycles. The number of benzene rings is 1. The Balaban J connectivity index is 0.00000220. The minimum atomic E-state index is -0.221. The zero-order valence-corrected chi connectivity index (χ0v) is 13.2. The number of carbonyl (C=O) groups excluding carboxylic acids is 1. The number of amides is 1. The van der Waals surface area contributed by atoms with Crippen LogP contribution in [0.2, 0.25) is 0 Å². The molecule has 0 bridgehead atoms. The molecule has 1 aromatic rings. The Hall–Kier alpha value is -1.30. The highest BCUT2D eigenvalue weighted by molar-refractivity contribution is 5.92. The molecule has 3 N–H and O–H groups in total. The smallest absolute Gasteiger partial charge is 0.228 e. The molecule has 0 saturated carbocycles. The standard InChI is InChI=1S/C15H22N2O3.ClH/c1-10(11(2)16)15(18)17-12-3-5-13(6-4-12)20-14-7-8-19-9-14;/h3-6,10-11,14H,7-9,16H2,1-2H3,(H,17,18);1H. The fourth-order valence-corrected chi connectivity index (χ4v) is 1.91. The lowest BCUT2D eigenvalue weighted by molar-refractivity contribution is -0.119. The second-order valence-electron chi connectivity index (χ2n) is 5.26. The highest BCUT2D eigenvalue weighted by atomic mass is 35.5. The maximum atomic E-state index is 11.9. The molecule has 1 heterocycles. The van der Waals surface area contributed by atoms with Gasteiger partial charge in [-0.1, -0.05) is 6.92 Å². The fourth-order valence-electron chi connectivity index (χ4n) is 1.91. The molecule has 1 aliphatic rings. The number of carbonyl (C=O) groups is 1. The van der Waals surface area contributed by atoms with Crippen LogP contribution in [0.1, 0.15) is 20.3 Å². The van der Waals surface area contributed by atoms with Gasteiger partial charge in [-0.15, -0.1) is 12.4 Å². The van der Waals surface area contributed by atoms with Crippen LogP contribution in [0.4, 0.5) is 5.69 Å². The monoisotopic (exact) mass is 314 g/mol. The highest BCUT2D eigenvalue weighted by Crippen LogP contribution is 2.20. The molecule has 1 fully saturated rings. The van der Waals surface area contributed by atoms with Crippen LogP contribution in [0.3, 0.4) is 0 Å². The second-order valence-corrected chi connectivity index (χ2v) is 5.26. The lowest BCUT2D eigenvalue weighted by Gasteiger charge is -2.16. The van der Waals surface area contributed by atoms with Crippen molar-refractivity contribution in [3.8, 4) is 5.75 Å². The summed E-state index contributed by atoms with van der Waals surface area (Å²) in [5, 5.41) is 2.84. The van der Waals surface area contributed by atoms with Crippen LogP contribution in [-0.2, 0) is 9.53 Å². The molecule has 1 aromatic carbocycles. The SMILES string of the molecule is CC(N)C(C)C(=O)Nc1ccc(OC2CCOC2)cc1.Cl. The summed E-state index contributed by atoms with van der Waals surface area (Å²) in [6.45, 7) is 5.04. The molecule has 5 nitrogen and oxygen atoms in total. The summed E-state index contributed by atoms with van der Waals surface area (Å²) in [6.07, 6.45) is 1.05. The topological polar surface area (TPSA) is 73.6 Å². The van der Waals surface area contributed by atoms with E-state index >= 15 is 0 Å². The quantitative estimate of drug-likeness (QED) is 0.874. The van der Waals surface area contributed by atoms with Gasteiger partial charge in [0.15, 0.2) is 0 Å². The molecule has 0 aromatic heterocycles. The van der Waals surface area contributed by atoms with Crippen molar-refractivity contribution in [1.82, 2.24) is 0 Å². The molecule has 118 valence electrons. The van der Waals surface area contributed by atoms with Crippen molar-refractivity contribution < 1.29 is 14.3 Å². The Morgan fingerprint density at radius 3 is 2.57 bits per heavy atom. The first-order valence-electron chi connectivity index (χ1n) is 6.97. The molecule has 2 rings (SSSR count). The van der Waals surface area contributed by atoms with E-state index in [2.05, 4.69) is 5.32 Å². The van der Waals surface area contributed by atoms with Crippen LogP contribution in [-0.4, -0.2) is 31.3 Å². The summed E-state index contributed by atoms with van der Waals surface area (Å²) in [5.74, 6) is 0.498. The summed E-state index contributed by atoms with van der Waals surface area (Å²) >= 11 is 0. The molecule has 6 heteroatoms. The number of hydrogen-bond acceptors (Lipinski definition) is 4. The number of hydrogen-bond donors (Lipinski definition) is 2. The summed E-state index contributed by atoms with van der Waals surface area (Å²) in [4.78, 5) is 11.9. The number of halogens is 1. The van der Waals surface area contributed by atoms with E-state index in [-0.39, 0.29) is 36.4 Å². The third-order valence-corrected chi connectivity index (χ3v) is 3.51. The van der Waals surface area contributed by atoms with Gasteiger partial charge in [0, 0.05) is 18.2 Å². The minimum Gasteiger partial charge on any atom is -0.488 e. The molecular formula is C15H23ClN2O3. The normalized spacial score (nSPS) is 20.2. The second kappa shape index (κ2) is 8.22. The minimum absolute atomic E-state index is 0. The first-order valence-corrected chi connectivity index (χ1v) is 6.97. The summed E-state index contributed by atoms with van der Waals surface area (Å²) in [7, 11) is 0. The van der Waals surface area contributed by atoms with Gasteiger partial charge in [-0.05, 0) is 31.2 Å². The Morgan fingerprint density at radius 1 is 1.38 bits per heavy atom. The van der Waals surface area contributed by atoms with Crippen molar-refractivity contribution in [1.29, 1.82) is 0 Å². The fraction of sp³-hybridized carbons (Fsp3) is 0.533. The molecule has 3 atom stereocenters. The average molecular weight is 315 g/mol. The molecule has 0 aliphatic carbocycles. The van der Waals surface area contributed by atoms with Crippen LogP contribution in [0, 0.1) is 5.92 Å². The highest BCUT2D eigenvalue weighted by Gasteiger charge is 2.18. The van der Waals surface area contributed by atoms with E-state index in [4.69, 9.17) is 15.2 Å². The molecule has 1 amide bonds. The number of nitrogens with two attached hydrogens (primary N) is 1.